The van der Waals surface area contributed by atoms with E-state index in [1.165, 1.54) is 5.56 Å². The molecule has 0 bridgehead atoms. The van der Waals surface area contributed by atoms with Crippen LogP contribution in [0.5, 0.6) is 5.75 Å². The Balaban J connectivity index is 1.73. The molecule has 1 aromatic carbocycles. The van der Waals surface area contributed by atoms with E-state index in [4.69, 9.17) is 0 Å². The number of hydrogen-bond donors (Lipinski definition) is 3. The monoisotopic (exact) mass is 305 g/mol. The zero-order chi connectivity index (χ0) is 15.4. The first kappa shape index (κ1) is 15.7. The van der Waals surface area contributed by atoms with Gasteiger partial charge in [0, 0.05) is 51.9 Å². The minimum absolute atomic E-state index is 0.130. The molecule has 2 aliphatic rings. The number of piperidine rings is 1. The van der Waals surface area contributed by atoms with Gasteiger partial charge in [-0.15, -0.1) is 0 Å². The molecular formula is C17H27N3O2. The number of hydrogen-bond acceptors (Lipinski definition) is 5. The van der Waals surface area contributed by atoms with Gasteiger partial charge in [-0.1, -0.05) is 12.1 Å². The van der Waals surface area contributed by atoms with Gasteiger partial charge in [-0.05, 0) is 30.5 Å². The Kier molecular flexibility index (Phi) is 5.31. The van der Waals surface area contributed by atoms with Crippen LogP contribution in [-0.4, -0.2) is 71.9 Å². The van der Waals surface area contributed by atoms with Crippen LogP contribution in [0.2, 0.25) is 0 Å². The lowest BCUT2D eigenvalue weighted by atomic mass is 10.0. The summed E-state index contributed by atoms with van der Waals surface area (Å²) in [5.41, 5.74) is 1.19. The maximum Gasteiger partial charge on any atom is 0.115 e. The molecule has 3 N–H and O–H groups in total. The summed E-state index contributed by atoms with van der Waals surface area (Å²) >= 11 is 0. The van der Waals surface area contributed by atoms with Gasteiger partial charge in [0.1, 0.15) is 5.75 Å². The number of phenolic OH excluding ortho intramolecular Hbond substituents is 1. The molecule has 1 aromatic rings. The summed E-state index contributed by atoms with van der Waals surface area (Å²) in [6.07, 6.45) is 1.61. The number of aliphatic hydroxyl groups excluding tert-OH is 1. The van der Waals surface area contributed by atoms with Crippen LogP contribution in [0.15, 0.2) is 24.3 Å². The van der Waals surface area contributed by atoms with Crippen molar-refractivity contribution in [2.45, 2.75) is 25.0 Å². The molecule has 1 unspecified atom stereocenters. The fourth-order valence-electron chi connectivity index (χ4n) is 3.50. The van der Waals surface area contributed by atoms with Gasteiger partial charge in [-0.25, -0.2) is 0 Å². The second-order valence-corrected chi connectivity index (χ2v) is 6.43. The van der Waals surface area contributed by atoms with E-state index in [1.807, 2.05) is 12.1 Å². The van der Waals surface area contributed by atoms with Crippen LogP contribution in [0, 0.1) is 0 Å². The van der Waals surface area contributed by atoms with Crippen molar-refractivity contribution in [3.63, 3.8) is 0 Å². The third-order valence-electron chi connectivity index (χ3n) is 4.84. The minimum Gasteiger partial charge on any atom is -0.508 e. The lowest BCUT2D eigenvalue weighted by molar-refractivity contribution is 0.0589. The minimum atomic E-state index is -0.130. The van der Waals surface area contributed by atoms with Gasteiger partial charge < -0.3 is 20.4 Å². The van der Waals surface area contributed by atoms with Gasteiger partial charge in [0.2, 0.25) is 0 Å². The molecule has 1 atom stereocenters. The van der Waals surface area contributed by atoms with Crippen LogP contribution < -0.4 is 5.32 Å². The molecule has 0 saturated carbocycles. The standard InChI is InChI=1S/C17H27N3O2/c21-15-4-8-19(9-5-15)13-17(20-10-6-18-7-11-20)14-2-1-3-16(22)12-14/h1-3,12,15,17-18,21-22H,4-11,13H2. The van der Waals surface area contributed by atoms with Crippen molar-refractivity contribution in [1.82, 2.24) is 15.1 Å². The summed E-state index contributed by atoms with van der Waals surface area (Å²) in [7, 11) is 0. The van der Waals surface area contributed by atoms with Crippen molar-refractivity contribution >= 4 is 0 Å². The van der Waals surface area contributed by atoms with Crippen molar-refractivity contribution in [2.75, 3.05) is 45.8 Å². The smallest absolute Gasteiger partial charge is 0.115 e. The van der Waals surface area contributed by atoms with Crippen LogP contribution >= 0.6 is 0 Å². The SMILES string of the molecule is Oc1cccc(C(CN2CCC(O)CC2)N2CCNCC2)c1. The number of benzene rings is 1. The lowest BCUT2D eigenvalue weighted by Gasteiger charge is -2.39. The van der Waals surface area contributed by atoms with Crippen molar-refractivity contribution in [3.8, 4) is 5.75 Å². The Bertz CT molecular complexity index is 469. The van der Waals surface area contributed by atoms with Crippen molar-refractivity contribution in [2.24, 2.45) is 0 Å². The largest absolute Gasteiger partial charge is 0.508 e. The van der Waals surface area contributed by atoms with Crippen LogP contribution in [0.25, 0.3) is 0 Å². The summed E-state index contributed by atoms with van der Waals surface area (Å²) < 4.78 is 0. The second-order valence-electron chi connectivity index (χ2n) is 6.43. The summed E-state index contributed by atoms with van der Waals surface area (Å²) in [6, 6.07) is 7.98. The number of aromatic hydroxyl groups is 1. The third-order valence-corrected chi connectivity index (χ3v) is 4.84. The average molecular weight is 305 g/mol. The maximum absolute atomic E-state index is 9.82. The van der Waals surface area contributed by atoms with Gasteiger partial charge in [-0.3, -0.25) is 4.90 Å². The van der Waals surface area contributed by atoms with Crippen LogP contribution in [0.1, 0.15) is 24.4 Å². The molecule has 2 aliphatic heterocycles. The number of nitrogens with one attached hydrogen (secondary N) is 1. The van der Waals surface area contributed by atoms with E-state index < -0.39 is 0 Å². The van der Waals surface area contributed by atoms with Crippen molar-refractivity contribution in [1.29, 1.82) is 0 Å². The highest BCUT2D eigenvalue weighted by molar-refractivity contribution is 5.29. The second kappa shape index (κ2) is 7.42. The average Bonchev–Trinajstić information content (AvgIpc) is 2.55. The van der Waals surface area contributed by atoms with Crippen LogP contribution in [-0.2, 0) is 0 Å². The first-order valence-electron chi connectivity index (χ1n) is 8.36. The molecule has 0 aliphatic carbocycles. The van der Waals surface area contributed by atoms with Gasteiger partial charge in [0.25, 0.3) is 0 Å². The van der Waals surface area contributed by atoms with Gasteiger partial charge >= 0.3 is 0 Å². The summed E-state index contributed by atoms with van der Waals surface area (Å²) in [6.45, 7) is 7.01. The van der Waals surface area contributed by atoms with Gasteiger partial charge in [0.05, 0.1) is 6.10 Å². The topological polar surface area (TPSA) is 59.0 Å². The molecule has 2 fully saturated rings. The fraction of sp³-hybridized carbons (Fsp3) is 0.647. The Morgan fingerprint density at radius 1 is 1.14 bits per heavy atom. The molecule has 5 nitrogen and oxygen atoms in total. The number of piperazine rings is 1. The molecule has 22 heavy (non-hydrogen) atoms. The summed E-state index contributed by atoms with van der Waals surface area (Å²) in [5.74, 6) is 0.340. The Morgan fingerprint density at radius 2 is 1.86 bits per heavy atom. The normalized spacial score (nSPS) is 23.5. The van der Waals surface area contributed by atoms with Crippen molar-refractivity contribution < 1.29 is 10.2 Å². The van der Waals surface area contributed by atoms with Gasteiger partial charge in [-0.2, -0.15) is 0 Å². The molecule has 5 heteroatoms. The van der Waals surface area contributed by atoms with Gasteiger partial charge in [0.15, 0.2) is 0 Å². The number of phenols is 1. The predicted molar refractivity (Wildman–Crippen MR) is 87.0 cm³/mol. The predicted octanol–water partition coefficient (Wildman–Crippen LogP) is 0.795. The Hall–Kier alpha value is -1.14. The highest BCUT2D eigenvalue weighted by Crippen LogP contribution is 2.26. The fourth-order valence-corrected chi connectivity index (χ4v) is 3.50. The zero-order valence-corrected chi connectivity index (χ0v) is 13.1. The lowest BCUT2D eigenvalue weighted by Crippen LogP contribution is -2.49. The van der Waals surface area contributed by atoms with E-state index in [2.05, 4.69) is 21.2 Å². The molecule has 0 spiro atoms. The zero-order valence-electron chi connectivity index (χ0n) is 13.1. The molecule has 3 rings (SSSR count). The Labute approximate surface area is 132 Å². The van der Waals surface area contributed by atoms with E-state index in [9.17, 15) is 10.2 Å². The molecule has 2 saturated heterocycles. The molecule has 122 valence electrons. The van der Waals surface area contributed by atoms with Crippen LogP contribution in [0.3, 0.4) is 0 Å². The first-order valence-corrected chi connectivity index (χ1v) is 8.36. The molecule has 2 heterocycles. The number of nitrogens with zero attached hydrogens (tertiary/aromatic N) is 2. The quantitative estimate of drug-likeness (QED) is 0.768. The van der Waals surface area contributed by atoms with E-state index in [0.717, 1.165) is 58.7 Å². The molecule has 0 amide bonds. The van der Waals surface area contributed by atoms with E-state index in [0.29, 0.717) is 11.8 Å². The first-order chi connectivity index (χ1) is 10.7. The van der Waals surface area contributed by atoms with E-state index >= 15 is 0 Å². The number of likely N-dealkylation sites (tertiary alicyclic amines) is 1. The number of aliphatic hydroxyl groups is 1. The van der Waals surface area contributed by atoms with E-state index in [1.54, 1.807) is 6.07 Å². The van der Waals surface area contributed by atoms with E-state index in [-0.39, 0.29) is 6.10 Å². The summed E-state index contributed by atoms with van der Waals surface area (Å²) in [4.78, 5) is 4.96. The molecular weight excluding hydrogens is 278 g/mol. The molecule has 0 aromatic heterocycles. The molecule has 0 radical (unpaired) electrons. The highest BCUT2D eigenvalue weighted by atomic mass is 16.3. The number of rotatable bonds is 4. The summed E-state index contributed by atoms with van der Waals surface area (Å²) in [5, 5.41) is 22.9. The van der Waals surface area contributed by atoms with Crippen LogP contribution in [0.4, 0.5) is 0 Å². The van der Waals surface area contributed by atoms with Crippen molar-refractivity contribution in [3.05, 3.63) is 29.8 Å². The maximum atomic E-state index is 9.82. The Morgan fingerprint density at radius 3 is 2.55 bits per heavy atom. The third kappa shape index (κ3) is 3.98. The highest BCUT2D eigenvalue weighted by Gasteiger charge is 2.26.